The van der Waals surface area contributed by atoms with Gasteiger partial charge in [-0.1, -0.05) is 43.7 Å². The minimum absolute atomic E-state index is 0.748. The molecule has 1 fully saturated rings. The molecule has 0 N–H and O–H groups in total. The van der Waals surface area contributed by atoms with Crippen LogP contribution in [0.25, 0.3) is 0 Å². The maximum atomic E-state index is 10.8. The highest BCUT2D eigenvalue weighted by Crippen LogP contribution is 2.36. The van der Waals surface area contributed by atoms with Crippen LogP contribution in [0.3, 0.4) is 0 Å². The van der Waals surface area contributed by atoms with E-state index in [9.17, 15) is 4.79 Å². The largest absolute Gasteiger partial charge is 0.298 e. The molecule has 0 aromatic rings. The van der Waals surface area contributed by atoms with Crippen molar-refractivity contribution in [2.24, 2.45) is 11.8 Å². The second-order valence-electron chi connectivity index (χ2n) is 7.15. The SMILES string of the molecule is C=C(CC/C(=C\C)C1=CC=C(C=O)CC1)C1CCC(CC)CC1. The van der Waals surface area contributed by atoms with Crippen LogP contribution in [0.1, 0.15) is 71.6 Å². The van der Waals surface area contributed by atoms with Gasteiger partial charge in [0.15, 0.2) is 0 Å². The molecule has 2 aliphatic carbocycles. The van der Waals surface area contributed by atoms with Crippen molar-refractivity contribution in [3.05, 3.63) is 47.1 Å². The number of rotatable bonds is 7. The van der Waals surface area contributed by atoms with Gasteiger partial charge in [-0.15, -0.1) is 0 Å². The van der Waals surface area contributed by atoms with Crippen molar-refractivity contribution in [3.8, 4) is 0 Å². The summed E-state index contributed by atoms with van der Waals surface area (Å²) in [5.41, 5.74) is 5.22. The molecule has 0 spiro atoms. The second-order valence-corrected chi connectivity index (χ2v) is 7.15. The molecule has 0 amide bonds. The molecule has 0 unspecified atom stereocenters. The van der Waals surface area contributed by atoms with Gasteiger partial charge >= 0.3 is 0 Å². The predicted molar refractivity (Wildman–Crippen MR) is 99.3 cm³/mol. The van der Waals surface area contributed by atoms with Crippen molar-refractivity contribution in [1.82, 2.24) is 0 Å². The van der Waals surface area contributed by atoms with Crippen LogP contribution in [0, 0.1) is 11.8 Å². The molecule has 2 aliphatic rings. The molecular weight excluding hydrogens is 280 g/mol. The molecule has 0 saturated heterocycles. The average molecular weight is 312 g/mol. The monoisotopic (exact) mass is 312 g/mol. The van der Waals surface area contributed by atoms with Crippen molar-refractivity contribution in [1.29, 1.82) is 0 Å². The van der Waals surface area contributed by atoms with E-state index in [1.807, 2.05) is 6.08 Å². The zero-order chi connectivity index (χ0) is 16.7. The molecule has 1 nitrogen and oxygen atoms in total. The van der Waals surface area contributed by atoms with E-state index < -0.39 is 0 Å². The molecule has 0 aromatic carbocycles. The van der Waals surface area contributed by atoms with Gasteiger partial charge in [-0.3, -0.25) is 4.79 Å². The molecule has 0 heterocycles. The lowest BCUT2D eigenvalue weighted by Gasteiger charge is -2.29. The Bertz CT molecular complexity index is 510. The third-order valence-corrected chi connectivity index (χ3v) is 5.81. The number of carbonyl (C=O) groups is 1. The molecule has 2 rings (SSSR count). The van der Waals surface area contributed by atoms with E-state index in [1.54, 1.807) is 0 Å². The van der Waals surface area contributed by atoms with E-state index in [4.69, 9.17) is 0 Å². The van der Waals surface area contributed by atoms with Crippen LogP contribution < -0.4 is 0 Å². The number of hydrogen-bond donors (Lipinski definition) is 0. The summed E-state index contributed by atoms with van der Waals surface area (Å²) in [5.74, 6) is 1.70. The van der Waals surface area contributed by atoms with Crippen LogP contribution in [-0.4, -0.2) is 6.29 Å². The Labute approximate surface area is 142 Å². The molecule has 0 bridgehead atoms. The van der Waals surface area contributed by atoms with Crippen LogP contribution in [0.5, 0.6) is 0 Å². The summed E-state index contributed by atoms with van der Waals surface area (Å²) in [7, 11) is 0. The van der Waals surface area contributed by atoms with Gasteiger partial charge in [0.1, 0.15) is 6.29 Å². The van der Waals surface area contributed by atoms with Gasteiger partial charge in [0, 0.05) is 0 Å². The zero-order valence-corrected chi connectivity index (χ0v) is 14.9. The molecule has 0 atom stereocenters. The first-order chi connectivity index (χ1) is 11.2. The fraction of sp³-hybridized carbons (Fsp3) is 0.591. The highest BCUT2D eigenvalue weighted by atomic mass is 16.1. The summed E-state index contributed by atoms with van der Waals surface area (Å²) in [4.78, 5) is 10.8. The summed E-state index contributed by atoms with van der Waals surface area (Å²) in [6, 6.07) is 0. The lowest BCUT2D eigenvalue weighted by atomic mass is 9.76. The Hall–Kier alpha value is -1.37. The first kappa shape index (κ1) is 18.0. The molecule has 0 radical (unpaired) electrons. The van der Waals surface area contributed by atoms with Gasteiger partial charge in [0.05, 0.1) is 0 Å². The van der Waals surface area contributed by atoms with E-state index in [-0.39, 0.29) is 0 Å². The molecule has 126 valence electrons. The highest BCUT2D eigenvalue weighted by molar-refractivity contribution is 5.74. The Kier molecular flexibility index (Phi) is 7.08. The maximum absolute atomic E-state index is 10.8. The van der Waals surface area contributed by atoms with Gasteiger partial charge in [-0.05, 0) is 86.8 Å². The topological polar surface area (TPSA) is 17.1 Å². The van der Waals surface area contributed by atoms with Gasteiger partial charge in [-0.25, -0.2) is 0 Å². The Morgan fingerprint density at radius 3 is 2.43 bits per heavy atom. The van der Waals surface area contributed by atoms with Crippen molar-refractivity contribution in [2.75, 3.05) is 0 Å². The lowest BCUT2D eigenvalue weighted by molar-refractivity contribution is -0.105. The highest BCUT2D eigenvalue weighted by Gasteiger charge is 2.22. The minimum atomic E-state index is 0.748. The average Bonchev–Trinajstić information content (AvgIpc) is 2.62. The first-order valence-corrected chi connectivity index (χ1v) is 9.36. The van der Waals surface area contributed by atoms with Crippen LogP contribution in [-0.2, 0) is 4.79 Å². The Morgan fingerprint density at radius 2 is 1.91 bits per heavy atom. The molecular formula is C22H32O. The van der Waals surface area contributed by atoms with Gasteiger partial charge < -0.3 is 0 Å². The van der Waals surface area contributed by atoms with Crippen molar-refractivity contribution >= 4 is 6.29 Å². The molecule has 1 saturated carbocycles. The first-order valence-electron chi connectivity index (χ1n) is 9.36. The third-order valence-electron chi connectivity index (χ3n) is 5.81. The number of hydrogen-bond acceptors (Lipinski definition) is 1. The van der Waals surface area contributed by atoms with Crippen LogP contribution in [0.15, 0.2) is 47.1 Å². The Balaban J connectivity index is 1.84. The fourth-order valence-corrected chi connectivity index (χ4v) is 3.99. The third kappa shape index (κ3) is 5.06. The van der Waals surface area contributed by atoms with Crippen molar-refractivity contribution < 1.29 is 4.79 Å². The number of allylic oxidation sites excluding steroid dienone is 7. The molecule has 0 aromatic heterocycles. The minimum Gasteiger partial charge on any atom is -0.298 e. The van der Waals surface area contributed by atoms with Crippen LogP contribution in [0.4, 0.5) is 0 Å². The summed E-state index contributed by atoms with van der Waals surface area (Å²) in [6.07, 6.45) is 18.2. The second kappa shape index (κ2) is 9.05. The fourth-order valence-electron chi connectivity index (χ4n) is 3.99. The molecule has 0 aliphatic heterocycles. The Morgan fingerprint density at radius 1 is 1.17 bits per heavy atom. The van der Waals surface area contributed by atoms with Crippen LogP contribution in [0.2, 0.25) is 0 Å². The van der Waals surface area contributed by atoms with Crippen LogP contribution >= 0.6 is 0 Å². The van der Waals surface area contributed by atoms with E-state index in [1.165, 1.54) is 48.8 Å². The van der Waals surface area contributed by atoms with Gasteiger partial charge in [0.2, 0.25) is 0 Å². The summed E-state index contributed by atoms with van der Waals surface area (Å²) < 4.78 is 0. The number of carbonyl (C=O) groups excluding carboxylic acids is 1. The molecule has 23 heavy (non-hydrogen) atoms. The quantitative estimate of drug-likeness (QED) is 0.396. The summed E-state index contributed by atoms with van der Waals surface area (Å²) >= 11 is 0. The van der Waals surface area contributed by atoms with Gasteiger partial charge in [0.25, 0.3) is 0 Å². The van der Waals surface area contributed by atoms with E-state index in [2.05, 4.69) is 32.6 Å². The van der Waals surface area contributed by atoms with Crippen molar-refractivity contribution in [3.63, 3.8) is 0 Å². The standard InChI is InChI=1S/C22H32O/c1-4-18-7-12-21(13-8-18)17(3)6-11-20(5-2)22-14-9-19(16-23)10-15-22/h5,9,14,16,18,21H,3-4,6-8,10-13,15H2,1-2H3/b20-5+. The number of aldehydes is 1. The molecule has 1 heteroatoms. The van der Waals surface area contributed by atoms with Crippen molar-refractivity contribution in [2.45, 2.75) is 71.6 Å². The zero-order valence-electron chi connectivity index (χ0n) is 14.9. The summed E-state index contributed by atoms with van der Waals surface area (Å²) in [6.45, 7) is 8.85. The summed E-state index contributed by atoms with van der Waals surface area (Å²) in [5, 5.41) is 0. The maximum Gasteiger partial charge on any atom is 0.146 e. The van der Waals surface area contributed by atoms with E-state index in [0.717, 1.165) is 49.4 Å². The predicted octanol–water partition coefficient (Wildman–Crippen LogP) is 6.33. The normalized spacial score (nSPS) is 25.6. The van der Waals surface area contributed by atoms with Gasteiger partial charge in [-0.2, -0.15) is 0 Å². The smallest absolute Gasteiger partial charge is 0.146 e. The van der Waals surface area contributed by atoms with E-state index in [0.29, 0.717) is 0 Å². The van der Waals surface area contributed by atoms with E-state index >= 15 is 0 Å². The lowest BCUT2D eigenvalue weighted by Crippen LogP contribution is -2.15.